The largest absolute Gasteiger partial charge is 0.353 e. The van der Waals surface area contributed by atoms with Crippen LogP contribution in [-0.2, 0) is 20.2 Å². The minimum Gasteiger partial charge on any atom is -0.353 e. The number of hydrogen-bond donors (Lipinski definition) is 4. The van der Waals surface area contributed by atoms with E-state index in [4.69, 9.17) is 14.8 Å². The number of thioether (sulfide) groups is 2. The summed E-state index contributed by atoms with van der Waals surface area (Å²) in [6, 6.07) is 0. The van der Waals surface area contributed by atoms with Gasteiger partial charge in [-0.1, -0.05) is 23.5 Å². The second-order valence-corrected chi connectivity index (χ2v) is 10.2. The van der Waals surface area contributed by atoms with Crippen molar-refractivity contribution in [3.8, 4) is 0 Å². The van der Waals surface area contributed by atoms with Crippen LogP contribution in [0, 0.1) is 0 Å². The Bertz CT molecular complexity index is 715. The summed E-state index contributed by atoms with van der Waals surface area (Å²) in [4.78, 5) is 12.6. The zero-order chi connectivity index (χ0) is 19.6. The maximum Gasteiger partial charge on any atom is 0.264 e. The second kappa shape index (κ2) is 11.2. The van der Waals surface area contributed by atoms with Crippen molar-refractivity contribution in [3.05, 3.63) is 0 Å². The summed E-state index contributed by atoms with van der Waals surface area (Å²) < 4.78 is 60.3. The van der Waals surface area contributed by atoms with Crippen molar-refractivity contribution in [1.82, 2.24) is 15.0 Å². The van der Waals surface area contributed by atoms with Gasteiger partial charge < -0.3 is 11.1 Å². The third-order valence-electron chi connectivity index (χ3n) is 2.58. The average Bonchev–Trinajstić information content (AvgIpc) is 2.52. The third kappa shape index (κ3) is 11.8. The van der Waals surface area contributed by atoms with E-state index in [1.54, 1.807) is 0 Å². The molecule has 0 spiro atoms. The summed E-state index contributed by atoms with van der Waals surface area (Å²) in [7, 11) is -8.00. The van der Waals surface area contributed by atoms with Crippen LogP contribution in [0.15, 0.2) is 10.3 Å². The number of hydrogen-bond acceptors (Lipinski definition) is 11. The molecule has 1 heterocycles. The van der Waals surface area contributed by atoms with Gasteiger partial charge in [0, 0.05) is 24.6 Å². The molecular weight excluding hydrogens is 426 g/mol. The van der Waals surface area contributed by atoms with Gasteiger partial charge >= 0.3 is 0 Å². The molecule has 0 aliphatic rings. The minimum absolute atomic E-state index is 0.234. The second-order valence-electron chi connectivity index (χ2n) is 4.92. The quantitative estimate of drug-likeness (QED) is 0.180. The molecule has 0 fully saturated rings. The fourth-order valence-electron chi connectivity index (χ4n) is 1.54. The fraction of sp³-hybridized carbons (Fsp3) is 0.727. The Hall–Kier alpha value is -0.710. The first-order valence-corrected chi connectivity index (χ1v) is 12.6. The van der Waals surface area contributed by atoms with E-state index >= 15 is 0 Å². The highest BCUT2D eigenvalue weighted by Gasteiger charge is 2.10. The molecule has 0 unspecified atom stereocenters. The van der Waals surface area contributed by atoms with Crippen molar-refractivity contribution >= 4 is 49.7 Å². The summed E-state index contributed by atoms with van der Waals surface area (Å²) >= 11 is 2.42. The third-order valence-corrected chi connectivity index (χ3v) is 6.05. The van der Waals surface area contributed by atoms with Gasteiger partial charge in [-0.25, -0.2) is 0 Å². The van der Waals surface area contributed by atoms with Gasteiger partial charge in [0.05, 0.1) is 11.5 Å². The summed E-state index contributed by atoms with van der Waals surface area (Å²) in [6.07, 6.45) is 0.467. The molecule has 0 amide bonds. The summed E-state index contributed by atoms with van der Waals surface area (Å²) in [5, 5.41) is 3.65. The van der Waals surface area contributed by atoms with E-state index in [1.807, 2.05) is 0 Å². The van der Waals surface area contributed by atoms with Gasteiger partial charge in [0.15, 0.2) is 10.3 Å². The zero-order valence-electron chi connectivity index (χ0n) is 13.7. The lowest BCUT2D eigenvalue weighted by Crippen LogP contribution is -2.15. The molecule has 15 heteroatoms. The van der Waals surface area contributed by atoms with Crippen molar-refractivity contribution in [1.29, 1.82) is 0 Å². The van der Waals surface area contributed by atoms with E-state index < -0.39 is 20.2 Å². The van der Waals surface area contributed by atoms with Crippen molar-refractivity contribution < 1.29 is 25.9 Å². The molecule has 0 bridgehead atoms. The van der Waals surface area contributed by atoms with E-state index in [1.165, 1.54) is 23.5 Å². The smallest absolute Gasteiger partial charge is 0.264 e. The van der Waals surface area contributed by atoms with E-state index in [0.29, 0.717) is 40.9 Å². The molecule has 0 aliphatic heterocycles. The summed E-state index contributed by atoms with van der Waals surface area (Å²) in [5.41, 5.74) is 5.43. The molecule has 1 rings (SSSR count). The Morgan fingerprint density at radius 1 is 0.885 bits per heavy atom. The molecule has 0 atom stereocenters. The highest BCUT2D eigenvalue weighted by atomic mass is 32.2. The topological polar surface area (TPSA) is 185 Å². The van der Waals surface area contributed by atoms with Crippen LogP contribution in [0.4, 0.5) is 5.95 Å². The summed E-state index contributed by atoms with van der Waals surface area (Å²) in [6.45, 7) is 0.823. The van der Waals surface area contributed by atoms with Crippen LogP contribution in [0.1, 0.15) is 12.8 Å². The molecule has 1 aromatic rings. The van der Waals surface area contributed by atoms with Gasteiger partial charge in [-0.2, -0.15) is 31.8 Å². The Labute approximate surface area is 160 Å². The van der Waals surface area contributed by atoms with Crippen LogP contribution in [0.5, 0.6) is 0 Å². The lowest BCUT2D eigenvalue weighted by Gasteiger charge is -2.08. The molecule has 5 N–H and O–H groups in total. The first-order chi connectivity index (χ1) is 12.1. The first-order valence-electron chi connectivity index (χ1n) is 7.45. The summed E-state index contributed by atoms with van der Waals surface area (Å²) in [5.74, 6) is 0.376. The van der Waals surface area contributed by atoms with E-state index in [0.717, 1.165) is 0 Å². The molecular formula is C11H21N5O6S4. The van der Waals surface area contributed by atoms with Crippen LogP contribution in [0.25, 0.3) is 0 Å². The molecule has 11 nitrogen and oxygen atoms in total. The maximum absolute atomic E-state index is 10.7. The number of nitrogens with one attached hydrogen (secondary N) is 1. The molecule has 0 aromatic carbocycles. The van der Waals surface area contributed by atoms with Crippen LogP contribution >= 0.6 is 23.5 Å². The molecule has 150 valence electrons. The van der Waals surface area contributed by atoms with Gasteiger partial charge in [-0.05, 0) is 12.8 Å². The molecule has 0 saturated carbocycles. The first kappa shape index (κ1) is 23.3. The maximum atomic E-state index is 10.7. The van der Waals surface area contributed by atoms with Crippen molar-refractivity contribution in [2.24, 2.45) is 5.73 Å². The van der Waals surface area contributed by atoms with Crippen molar-refractivity contribution in [2.45, 2.75) is 23.2 Å². The Kier molecular flexibility index (Phi) is 10.1. The number of nitrogens with zero attached hydrogens (tertiary/aromatic N) is 3. The predicted octanol–water partition coefficient (Wildman–Crippen LogP) is -0.0178. The van der Waals surface area contributed by atoms with Gasteiger partial charge in [0.25, 0.3) is 20.2 Å². The van der Waals surface area contributed by atoms with Gasteiger partial charge in [-0.15, -0.1) is 0 Å². The van der Waals surface area contributed by atoms with Gasteiger partial charge in [0.2, 0.25) is 5.95 Å². The normalized spacial score (nSPS) is 12.3. The predicted molar refractivity (Wildman–Crippen MR) is 101 cm³/mol. The molecule has 0 radical (unpaired) electrons. The van der Waals surface area contributed by atoms with Gasteiger partial charge in [-0.3, -0.25) is 9.11 Å². The fourth-order valence-corrected chi connectivity index (χ4v) is 4.53. The standard InChI is InChI=1S/C11H21N5O6S4/c12-3-4-13-9-14-10(23-5-1-7-25(17,18)19)16-11(15-9)24-6-2-8-26(20,21)22/h1-8,12H2,(H,17,18,19)(H,20,21,22)(H,13,14,15,16). The number of rotatable bonds is 13. The highest BCUT2D eigenvalue weighted by molar-refractivity contribution is 7.99. The Morgan fingerprint density at radius 2 is 1.35 bits per heavy atom. The lowest BCUT2D eigenvalue weighted by atomic mass is 10.6. The monoisotopic (exact) mass is 447 g/mol. The molecule has 26 heavy (non-hydrogen) atoms. The van der Waals surface area contributed by atoms with E-state index in [9.17, 15) is 16.8 Å². The number of anilines is 1. The van der Waals surface area contributed by atoms with E-state index in [-0.39, 0.29) is 24.3 Å². The van der Waals surface area contributed by atoms with Crippen molar-refractivity contribution in [2.75, 3.05) is 41.4 Å². The van der Waals surface area contributed by atoms with Crippen LogP contribution in [0.3, 0.4) is 0 Å². The van der Waals surface area contributed by atoms with Crippen LogP contribution in [0.2, 0.25) is 0 Å². The van der Waals surface area contributed by atoms with Crippen LogP contribution in [-0.4, -0.2) is 77.0 Å². The highest BCUT2D eigenvalue weighted by Crippen LogP contribution is 2.21. The average molecular weight is 448 g/mol. The number of nitrogens with two attached hydrogens (primary N) is 1. The lowest BCUT2D eigenvalue weighted by molar-refractivity contribution is 0.480. The molecule has 0 aliphatic carbocycles. The van der Waals surface area contributed by atoms with E-state index in [2.05, 4.69) is 20.3 Å². The Balaban J connectivity index is 2.66. The molecule has 1 aromatic heterocycles. The van der Waals surface area contributed by atoms with Gasteiger partial charge in [0.1, 0.15) is 0 Å². The Morgan fingerprint density at radius 3 is 1.73 bits per heavy atom. The zero-order valence-corrected chi connectivity index (χ0v) is 17.0. The van der Waals surface area contributed by atoms with Crippen LogP contribution < -0.4 is 11.1 Å². The molecule has 0 saturated heterocycles. The number of aromatic nitrogens is 3. The minimum atomic E-state index is -4.00. The van der Waals surface area contributed by atoms with Crippen molar-refractivity contribution in [3.63, 3.8) is 0 Å². The SMILES string of the molecule is NCCNc1nc(SCCCS(=O)(=O)O)nc(SCCCS(=O)(=O)O)n1.